The molecular weight excluding hydrogens is 406 g/mol. The molecule has 0 bridgehead atoms. The van der Waals surface area contributed by atoms with E-state index in [0.29, 0.717) is 5.56 Å². The molecule has 0 heterocycles. The third-order valence-electron chi connectivity index (χ3n) is 4.98. The fourth-order valence-electron chi connectivity index (χ4n) is 3.50. The Bertz CT molecular complexity index is 867. The van der Waals surface area contributed by atoms with E-state index in [0.717, 1.165) is 12.0 Å². The van der Waals surface area contributed by atoms with Gasteiger partial charge in [0.25, 0.3) is 0 Å². The second kappa shape index (κ2) is 9.76. The van der Waals surface area contributed by atoms with Gasteiger partial charge in [-0.15, -0.1) is 0 Å². The van der Waals surface area contributed by atoms with Crippen LogP contribution in [0.2, 0.25) is 0 Å². The zero-order chi connectivity index (χ0) is 24.3. The Labute approximate surface area is 191 Å². The van der Waals surface area contributed by atoms with Crippen LogP contribution in [0, 0.1) is 5.92 Å². The van der Waals surface area contributed by atoms with Crippen LogP contribution in [0.1, 0.15) is 72.1 Å². The molecule has 0 spiro atoms. The molecule has 3 atom stereocenters. The summed E-state index contributed by atoms with van der Waals surface area (Å²) in [5.41, 5.74) is 0.426. The molecule has 1 fully saturated rings. The van der Waals surface area contributed by atoms with Crippen LogP contribution < -0.4 is 10.6 Å². The largest absolute Gasteiger partial charge is 0.444 e. The Kier molecular flexibility index (Phi) is 7.75. The van der Waals surface area contributed by atoms with Crippen molar-refractivity contribution >= 4 is 24.0 Å². The predicted octanol–water partition coefficient (Wildman–Crippen LogP) is 4.05. The van der Waals surface area contributed by atoms with Crippen molar-refractivity contribution in [1.82, 2.24) is 15.5 Å². The van der Waals surface area contributed by atoms with E-state index < -0.39 is 23.3 Å². The molecule has 1 aliphatic rings. The fourth-order valence-corrected chi connectivity index (χ4v) is 3.50. The number of carbonyl (C=O) groups is 3. The van der Waals surface area contributed by atoms with Gasteiger partial charge < -0.3 is 20.3 Å². The second-order valence-electron chi connectivity index (χ2n) is 10.5. The van der Waals surface area contributed by atoms with Gasteiger partial charge in [-0.2, -0.15) is 0 Å². The molecule has 0 radical (unpaired) electrons. The first kappa shape index (κ1) is 25.4. The first-order valence-electron chi connectivity index (χ1n) is 11.0. The van der Waals surface area contributed by atoms with Crippen LogP contribution in [-0.2, 0) is 14.3 Å². The lowest BCUT2D eigenvalue weighted by Crippen LogP contribution is -2.52. The maximum Gasteiger partial charge on any atom is 0.408 e. The van der Waals surface area contributed by atoms with Crippen molar-refractivity contribution in [3.05, 3.63) is 42.0 Å². The maximum atomic E-state index is 13.4. The molecule has 2 N–H and O–H groups in total. The Hall–Kier alpha value is -2.83. The molecule has 3 unspecified atom stereocenters. The molecule has 2 rings (SSSR count). The summed E-state index contributed by atoms with van der Waals surface area (Å²) in [5.74, 6) is -0.320. The molecule has 7 heteroatoms. The van der Waals surface area contributed by atoms with Crippen LogP contribution in [-0.4, -0.2) is 46.5 Å². The molecule has 1 aromatic rings. The molecule has 0 aliphatic heterocycles. The van der Waals surface area contributed by atoms with Crippen molar-refractivity contribution in [2.24, 2.45) is 5.92 Å². The number of alkyl carbamates (subject to hydrolysis) is 1. The van der Waals surface area contributed by atoms with E-state index >= 15 is 0 Å². The topological polar surface area (TPSA) is 87.7 Å². The SMILES string of the molecule is C=Cc1cccc(C(C(=O)NC(C)(C)C)N(C(=O)CNC(=O)OC(C)(C)C)C2CC2C)c1. The van der Waals surface area contributed by atoms with Gasteiger partial charge in [-0.25, -0.2) is 4.79 Å². The summed E-state index contributed by atoms with van der Waals surface area (Å²) in [4.78, 5) is 40.5. The van der Waals surface area contributed by atoms with Gasteiger partial charge in [0.05, 0.1) is 0 Å². The van der Waals surface area contributed by atoms with Gasteiger partial charge in [-0.3, -0.25) is 9.59 Å². The summed E-state index contributed by atoms with van der Waals surface area (Å²) in [6.07, 6.45) is 1.84. The normalized spacial score (nSPS) is 18.8. The highest BCUT2D eigenvalue weighted by atomic mass is 16.6. The Morgan fingerprint density at radius 3 is 2.34 bits per heavy atom. The Morgan fingerprint density at radius 1 is 1.22 bits per heavy atom. The fraction of sp³-hybridized carbons (Fsp3) is 0.560. The van der Waals surface area contributed by atoms with Crippen molar-refractivity contribution in [3.63, 3.8) is 0 Å². The van der Waals surface area contributed by atoms with Crippen molar-refractivity contribution in [2.45, 2.75) is 78.1 Å². The van der Waals surface area contributed by atoms with Gasteiger partial charge in [0.15, 0.2) is 0 Å². The maximum absolute atomic E-state index is 13.4. The number of nitrogens with zero attached hydrogens (tertiary/aromatic N) is 1. The van der Waals surface area contributed by atoms with Crippen LogP contribution in [0.3, 0.4) is 0 Å². The van der Waals surface area contributed by atoms with E-state index in [1.165, 1.54) is 0 Å². The minimum absolute atomic E-state index is 0.0777. The quantitative estimate of drug-likeness (QED) is 0.666. The number of hydrogen-bond acceptors (Lipinski definition) is 4. The van der Waals surface area contributed by atoms with Crippen molar-refractivity contribution in [3.8, 4) is 0 Å². The van der Waals surface area contributed by atoms with E-state index in [2.05, 4.69) is 17.2 Å². The van der Waals surface area contributed by atoms with Crippen LogP contribution in [0.5, 0.6) is 0 Å². The average molecular weight is 444 g/mol. The highest BCUT2D eigenvalue weighted by molar-refractivity contribution is 5.91. The van der Waals surface area contributed by atoms with Crippen LogP contribution in [0.15, 0.2) is 30.8 Å². The predicted molar refractivity (Wildman–Crippen MR) is 126 cm³/mol. The molecule has 32 heavy (non-hydrogen) atoms. The van der Waals surface area contributed by atoms with Gasteiger partial charge >= 0.3 is 6.09 Å². The van der Waals surface area contributed by atoms with E-state index in [-0.39, 0.29) is 30.3 Å². The van der Waals surface area contributed by atoms with E-state index in [4.69, 9.17) is 4.74 Å². The number of amides is 3. The lowest BCUT2D eigenvalue weighted by atomic mass is 9.99. The van der Waals surface area contributed by atoms with Crippen molar-refractivity contribution in [1.29, 1.82) is 0 Å². The summed E-state index contributed by atoms with van der Waals surface area (Å²) in [6, 6.07) is 6.55. The number of hydrogen-bond donors (Lipinski definition) is 2. The number of ether oxygens (including phenoxy) is 1. The van der Waals surface area contributed by atoms with Gasteiger partial charge in [-0.05, 0) is 71.1 Å². The van der Waals surface area contributed by atoms with Gasteiger partial charge in [0.1, 0.15) is 18.2 Å². The van der Waals surface area contributed by atoms with E-state index in [9.17, 15) is 14.4 Å². The summed E-state index contributed by atoms with van der Waals surface area (Å²) in [5, 5.41) is 5.55. The van der Waals surface area contributed by atoms with Crippen LogP contribution >= 0.6 is 0 Å². The molecule has 0 saturated heterocycles. The highest BCUT2D eigenvalue weighted by Crippen LogP contribution is 2.40. The summed E-state index contributed by atoms with van der Waals surface area (Å²) < 4.78 is 5.24. The van der Waals surface area contributed by atoms with Crippen LogP contribution in [0.25, 0.3) is 6.08 Å². The first-order chi connectivity index (χ1) is 14.7. The molecule has 3 amide bonds. The molecule has 1 aliphatic carbocycles. The van der Waals surface area contributed by atoms with Crippen molar-refractivity contribution < 1.29 is 19.1 Å². The lowest BCUT2D eigenvalue weighted by Gasteiger charge is -2.34. The molecule has 0 aromatic heterocycles. The van der Waals surface area contributed by atoms with Gasteiger partial charge in [0, 0.05) is 11.6 Å². The smallest absolute Gasteiger partial charge is 0.408 e. The molecule has 176 valence electrons. The second-order valence-corrected chi connectivity index (χ2v) is 10.5. The van der Waals surface area contributed by atoms with E-state index in [1.54, 1.807) is 31.7 Å². The standard InChI is InChI=1S/C25H37N3O4/c1-9-17-11-10-12-18(14-17)21(22(30)27-24(3,4)5)28(19-13-16(19)2)20(29)15-26-23(31)32-25(6,7)8/h9-12,14,16,19,21H,1,13,15H2,2-8H3,(H,26,31)(H,27,30). The third kappa shape index (κ3) is 7.39. The average Bonchev–Trinajstić information content (AvgIpc) is 3.37. The first-order valence-corrected chi connectivity index (χ1v) is 11.0. The molecule has 1 aromatic carbocycles. The number of rotatable bonds is 7. The third-order valence-corrected chi connectivity index (χ3v) is 4.98. The zero-order valence-corrected chi connectivity index (χ0v) is 20.3. The summed E-state index contributed by atoms with van der Waals surface area (Å²) in [6.45, 7) is 16.6. The lowest BCUT2D eigenvalue weighted by molar-refractivity contribution is -0.141. The molecule has 1 saturated carbocycles. The number of benzene rings is 1. The molecular formula is C25H37N3O4. The number of nitrogens with one attached hydrogen (secondary N) is 2. The Balaban J connectivity index is 2.36. The summed E-state index contributed by atoms with van der Waals surface area (Å²) >= 11 is 0. The van der Waals surface area contributed by atoms with Gasteiger partial charge in [-0.1, -0.05) is 37.8 Å². The molecule has 7 nitrogen and oxygen atoms in total. The zero-order valence-electron chi connectivity index (χ0n) is 20.3. The number of carbonyl (C=O) groups excluding carboxylic acids is 3. The monoisotopic (exact) mass is 443 g/mol. The minimum Gasteiger partial charge on any atom is -0.444 e. The van der Waals surface area contributed by atoms with E-state index in [1.807, 2.05) is 52.0 Å². The van der Waals surface area contributed by atoms with Crippen LogP contribution in [0.4, 0.5) is 4.79 Å². The van der Waals surface area contributed by atoms with Gasteiger partial charge in [0.2, 0.25) is 11.8 Å². The Morgan fingerprint density at radius 2 is 1.84 bits per heavy atom. The minimum atomic E-state index is -0.822. The van der Waals surface area contributed by atoms with Crippen molar-refractivity contribution in [2.75, 3.05) is 6.54 Å². The summed E-state index contributed by atoms with van der Waals surface area (Å²) in [7, 11) is 0. The highest BCUT2D eigenvalue weighted by Gasteiger charge is 2.46.